The molecule has 3 aromatic carbocycles. The molecule has 0 fully saturated rings. The Bertz CT molecular complexity index is 1180. The van der Waals surface area contributed by atoms with E-state index in [9.17, 15) is 0 Å². The first-order chi connectivity index (χ1) is 13.7. The third-order valence-electron chi connectivity index (χ3n) is 6.70. The predicted molar refractivity (Wildman–Crippen MR) is 118 cm³/mol. The molecule has 140 valence electrons. The van der Waals surface area contributed by atoms with Crippen LogP contribution in [0.3, 0.4) is 0 Å². The number of benzene rings is 3. The van der Waals surface area contributed by atoms with Crippen LogP contribution in [0.2, 0.25) is 0 Å². The van der Waals surface area contributed by atoms with Crippen LogP contribution in [0.5, 0.6) is 0 Å². The fraction of sp³-hybridized carbons (Fsp3) is 0.269. The Kier molecular flexibility index (Phi) is 3.90. The largest absolute Gasteiger partial charge is 0.324 e. The lowest BCUT2D eigenvalue weighted by Gasteiger charge is -2.29. The maximum Gasteiger partial charge on any atom is 0.141 e. The third-order valence-corrected chi connectivity index (χ3v) is 6.70. The van der Waals surface area contributed by atoms with Gasteiger partial charge < -0.3 is 4.57 Å². The molecule has 5 rings (SSSR count). The molecule has 28 heavy (non-hydrogen) atoms. The molecular formula is C26H26N2. The van der Waals surface area contributed by atoms with Crippen molar-refractivity contribution in [2.45, 2.75) is 45.6 Å². The summed E-state index contributed by atoms with van der Waals surface area (Å²) >= 11 is 0. The highest BCUT2D eigenvalue weighted by Gasteiger charge is 2.40. The van der Waals surface area contributed by atoms with Gasteiger partial charge in [0.2, 0.25) is 0 Å². The van der Waals surface area contributed by atoms with Gasteiger partial charge in [0.05, 0.1) is 11.0 Å². The second kappa shape index (κ2) is 6.34. The predicted octanol–water partition coefficient (Wildman–Crippen LogP) is 6.81. The summed E-state index contributed by atoms with van der Waals surface area (Å²) in [7, 11) is 0. The molecule has 0 bridgehead atoms. The zero-order chi connectivity index (χ0) is 19.3. The van der Waals surface area contributed by atoms with E-state index in [1.54, 1.807) is 0 Å². The Morgan fingerprint density at radius 3 is 2.29 bits per heavy atom. The van der Waals surface area contributed by atoms with Crippen LogP contribution in [-0.2, 0) is 12.0 Å². The zero-order valence-corrected chi connectivity index (χ0v) is 16.9. The van der Waals surface area contributed by atoms with E-state index in [1.807, 2.05) is 0 Å². The minimum Gasteiger partial charge on any atom is -0.324 e. The molecule has 0 atom stereocenters. The smallest absolute Gasteiger partial charge is 0.141 e. The number of hydrogen-bond acceptors (Lipinski definition) is 1. The molecule has 2 heteroatoms. The second-order valence-electron chi connectivity index (χ2n) is 7.76. The SMILES string of the molecule is CCn1c(-c2ccc3c(c2)C(CC)(CC)c2ccccc2-3)nc2ccccc21. The molecule has 1 aromatic heterocycles. The zero-order valence-electron chi connectivity index (χ0n) is 16.9. The molecule has 1 aliphatic rings. The molecule has 4 aromatic rings. The van der Waals surface area contributed by atoms with Crippen molar-refractivity contribution in [3.8, 4) is 22.5 Å². The van der Waals surface area contributed by atoms with Gasteiger partial charge in [0.25, 0.3) is 0 Å². The van der Waals surface area contributed by atoms with Crippen LogP contribution in [0.4, 0.5) is 0 Å². The lowest BCUT2D eigenvalue weighted by Crippen LogP contribution is -2.23. The Balaban J connectivity index is 1.76. The molecule has 0 saturated carbocycles. The van der Waals surface area contributed by atoms with Crippen molar-refractivity contribution in [3.63, 3.8) is 0 Å². The lowest BCUT2D eigenvalue weighted by atomic mass is 9.73. The average Bonchev–Trinajstić information content (AvgIpc) is 3.27. The maximum absolute atomic E-state index is 4.99. The summed E-state index contributed by atoms with van der Waals surface area (Å²) in [6.45, 7) is 7.76. The van der Waals surface area contributed by atoms with Crippen molar-refractivity contribution in [2.75, 3.05) is 0 Å². The molecule has 0 unspecified atom stereocenters. The highest BCUT2D eigenvalue weighted by atomic mass is 15.1. The van der Waals surface area contributed by atoms with E-state index in [2.05, 4.69) is 92.1 Å². The Morgan fingerprint density at radius 1 is 0.786 bits per heavy atom. The first-order valence-electron chi connectivity index (χ1n) is 10.4. The first-order valence-corrected chi connectivity index (χ1v) is 10.4. The number of nitrogens with zero attached hydrogens (tertiary/aromatic N) is 2. The molecule has 0 N–H and O–H groups in total. The number of para-hydroxylation sites is 2. The van der Waals surface area contributed by atoms with Gasteiger partial charge in [0, 0.05) is 17.5 Å². The summed E-state index contributed by atoms with van der Waals surface area (Å²) in [5.74, 6) is 1.07. The maximum atomic E-state index is 4.99. The van der Waals surface area contributed by atoms with E-state index in [0.29, 0.717) is 0 Å². The monoisotopic (exact) mass is 366 g/mol. The Hall–Kier alpha value is -2.87. The summed E-state index contributed by atoms with van der Waals surface area (Å²) in [6.07, 6.45) is 2.22. The van der Waals surface area contributed by atoms with Crippen molar-refractivity contribution in [1.82, 2.24) is 9.55 Å². The van der Waals surface area contributed by atoms with E-state index in [4.69, 9.17) is 4.98 Å². The summed E-state index contributed by atoms with van der Waals surface area (Å²) in [6, 6.07) is 24.4. The van der Waals surface area contributed by atoms with Gasteiger partial charge in [0.1, 0.15) is 5.82 Å². The van der Waals surface area contributed by atoms with Crippen molar-refractivity contribution >= 4 is 11.0 Å². The topological polar surface area (TPSA) is 17.8 Å². The van der Waals surface area contributed by atoms with Crippen LogP contribution < -0.4 is 0 Å². The van der Waals surface area contributed by atoms with Crippen LogP contribution >= 0.6 is 0 Å². The van der Waals surface area contributed by atoms with Crippen molar-refractivity contribution in [3.05, 3.63) is 77.9 Å². The van der Waals surface area contributed by atoms with Gasteiger partial charge in [-0.15, -0.1) is 0 Å². The van der Waals surface area contributed by atoms with Gasteiger partial charge in [-0.3, -0.25) is 0 Å². The van der Waals surface area contributed by atoms with E-state index < -0.39 is 0 Å². The molecule has 1 aliphatic carbocycles. The number of rotatable bonds is 4. The normalized spacial score (nSPS) is 14.2. The van der Waals surface area contributed by atoms with Crippen molar-refractivity contribution in [2.24, 2.45) is 0 Å². The molecule has 1 heterocycles. The summed E-state index contributed by atoms with van der Waals surface area (Å²) in [4.78, 5) is 4.99. The van der Waals surface area contributed by atoms with Gasteiger partial charge in [0.15, 0.2) is 0 Å². The van der Waals surface area contributed by atoms with Gasteiger partial charge >= 0.3 is 0 Å². The molecule has 0 aliphatic heterocycles. The summed E-state index contributed by atoms with van der Waals surface area (Å²) in [5.41, 5.74) is 9.34. The minimum atomic E-state index is 0.102. The van der Waals surface area contributed by atoms with Gasteiger partial charge in [-0.2, -0.15) is 0 Å². The van der Waals surface area contributed by atoms with E-state index >= 15 is 0 Å². The third kappa shape index (κ3) is 2.18. The molecular weight excluding hydrogens is 340 g/mol. The summed E-state index contributed by atoms with van der Waals surface area (Å²) < 4.78 is 2.33. The molecule has 2 nitrogen and oxygen atoms in total. The van der Waals surface area contributed by atoms with Crippen LogP contribution in [0.25, 0.3) is 33.5 Å². The fourth-order valence-corrected chi connectivity index (χ4v) is 5.22. The van der Waals surface area contributed by atoms with Crippen LogP contribution in [0, 0.1) is 0 Å². The van der Waals surface area contributed by atoms with Crippen molar-refractivity contribution in [1.29, 1.82) is 0 Å². The molecule has 0 radical (unpaired) electrons. The van der Waals surface area contributed by atoms with E-state index in [-0.39, 0.29) is 5.41 Å². The Morgan fingerprint density at radius 2 is 1.50 bits per heavy atom. The average molecular weight is 367 g/mol. The Labute approximate surface area is 166 Å². The van der Waals surface area contributed by atoms with E-state index in [1.165, 1.54) is 33.3 Å². The van der Waals surface area contributed by atoms with E-state index in [0.717, 1.165) is 30.7 Å². The number of imidazole rings is 1. The second-order valence-corrected chi connectivity index (χ2v) is 7.76. The quantitative estimate of drug-likeness (QED) is 0.388. The molecule has 0 saturated heterocycles. The van der Waals surface area contributed by atoms with Crippen LogP contribution in [0.1, 0.15) is 44.7 Å². The number of fused-ring (bicyclic) bond motifs is 4. The standard InChI is InChI=1S/C26H26N2/c1-4-26(5-2)21-12-8-7-11-19(21)20-16-15-18(17-22(20)26)25-27-23-13-9-10-14-24(23)28(25)6-3/h7-17H,4-6H2,1-3H3. The molecule has 0 amide bonds. The minimum absolute atomic E-state index is 0.102. The van der Waals surface area contributed by atoms with Gasteiger partial charge in [-0.05, 0) is 60.2 Å². The number of aromatic nitrogens is 2. The molecule has 0 spiro atoms. The highest BCUT2D eigenvalue weighted by Crippen LogP contribution is 2.53. The van der Waals surface area contributed by atoms with Crippen molar-refractivity contribution < 1.29 is 0 Å². The highest BCUT2D eigenvalue weighted by molar-refractivity contribution is 5.85. The van der Waals surface area contributed by atoms with Crippen LogP contribution in [-0.4, -0.2) is 9.55 Å². The number of hydrogen-bond donors (Lipinski definition) is 0. The lowest BCUT2D eigenvalue weighted by molar-refractivity contribution is 0.490. The fourth-order valence-electron chi connectivity index (χ4n) is 5.22. The van der Waals surface area contributed by atoms with Gasteiger partial charge in [-0.1, -0.05) is 62.4 Å². The number of aryl methyl sites for hydroxylation is 1. The first kappa shape index (κ1) is 17.2. The van der Waals surface area contributed by atoms with Crippen LogP contribution in [0.15, 0.2) is 66.7 Å². The summed E-state index contributed by atoms with van der Waals surface area (Å²) in [5, 5.41) is 0. The van der Waals surface area contributed by atoms with Gasteiger partial charge in [-0.25, -0.2) is 4.98 Å².